The van der Waals surface area contributed by atoms with Crippen LogP contribution < -0.4 is 0 Å². The Kier molecular flexibility index (Phi) is 4.87. The molecular weight excluding hydrogens is 275 g/mol. The largest absolute Gasteiger partial charge is 0.294 e. The van der Waals surface area contributed by atoms with Crippen molar-refractivity contribution in [2.45, 2.75) is 19.3 Å². The van der Waals surface area contributed by atoms with Gasteiger partial charge in [0, 0.05) is 27.9 Å². The van der Waals surface area contributed by atoms with Gasteiger partial charge in [-0.3, -0.25) is 4.79 Å². The molecule has 0 amide bonds. The minimum Gasteiger partial charge on any atom is -0.294 e. The molecule has 0 unspecified atom stereocenters. The molecule has 0 spiro atoms. The smallest absolute Gasteiger partial charge is 0.163 e. The van der Waals surface area contributed by atoms with E-state index < -0.39 is 0 Å². The molecule has 15 heavy (non-hydrogen) atoms. The average Bonchev–Trinajstić information content (AvgIpc) is 2.16. The van der Waals surface area contributed by atoms with Crippen molar-refractivity contribution in [3.8, 4) is 12.3 Å². The lowest BCUT2D eigenvalue weighted by molar-refractivity contribution is 0.0980. The SMILES string of the molecule is C#CCCCC(=O)c1cc(Cl)cc(Br)c1. The van der Waals surface area contributed by atoms with Gasteiger partial charge in [-0.15, -0.1) is 12.3 Å². The summed E-state index contributed by atoms with van der Waals surface area (Å²) in [5, 5.41) is 0.560. The van der Waals surface area contributed by atoms with Gasteiger partial charge in [0.15, 0.2) is 5.78 Å². The first-order valence-corrected chi connectivity index (χ1v) is 5.73. The van der Waals surface area contributed by atoms with Crippen LogP contribution in [0.2, 0.25) is 5.02 Å². The molecule has 0 saturated heterocycles. The Morgan fingerprint density at radius 2 is 2.20 bits per heavy atom. The van der Waals surface area contributed by atoms with Gasteiger partial charge in [-0.05, 0) is 24.6 Å². The molecule has 0 saturated carbocycles. The van der Waals surface area contributed by atoms with Crippen molar-refractivity contribution >= 4 is 33.3 Å². The summed E-state index contributed by atoms with van der Waals surface area (Å²) in [6, 6.07) is 5.19. The Hall–Kier alpha value is -0.780. The Bertz CT molecular complexity index is 386. The van der Waals surface area contributed by atoms with Crippen molar-refractivity contribution in [1.29, 1.82) is 0 Å². The zero-order valence-electron chi connectivity index (χ0n) is 8.09. The Balaban J connectivity index is 2.70. The monoisotopic (exact) mass is 284 g/mol. The van der Waals surface area contributed by atoms with E-state index in [9.17, 15) is 4.79 Å². The van der Waals surface area contributed by atoms with E-state index in [0.717, 1.165) is 10.9 Å². The van der Waals surface area contributed by atoms with Gasteiger partial charge in [0.1, 0.15) is 0 Å². The lowest BCUT2D eigenvalue weighted by Gasteiger charge is -2.01. The topological polar surface area (TPSA) is 17.1 Å². The minimum atomic E-state index is 0.0773. The number of Topliss-reactive ketones (excluding diaryl/α,β-unsaturated/α-hetero) is 1. The van der Waals surface area contributed by atoms with Crippen LogP contribution in [0, 0.1) is 12.3 Å². The van der Waals surface area contributed by atoms with Crippen molar-refractivity contribution in [3.05, 3.63) is 33.3 Å². The Morgan fingerprint density at radius 3 is 2.80 bits per heavy atom. The maximum absolute atomic E-state index is 11.7. The maximum atomic E-state index is 11.7. The summed E-state index contributed by atoms with van der Waals surface area (Å²) in [5.74, 6) is 2.59. The normalized spacial score (nSPS) is 9.67. The van der Waals surface area contributed by atoms with Gasteiger partial charge in [0.25, 0.3) is 0 Å². The van der Waals surface area contributed by atoms with Crippen molar-refractivity contribution in [1.82, 2.24) is 0 Å². The fraction of sp³-hybridized carbons (Fsp3) is 0.250. The van der Waals surface area contributed by atoms with Crippen LogP contribution in [0.25, 0.3) is 0 Å². The molecule has 1 aromatic rings. The summed E-state index contributed by atoms with van der Waals surface area (Å²) >= 11 is 9.14. The second-order valence-corrected chi connectivity index (χ2v) is 4.49. The number of hydrogen-bond donors (Lipinski definition) is 0. The summed E-state index contributed by atoms with van der Waals surface area (Å²) in [4.78, 5) is 11.7. The quantitative estimate of drug-likeness (QED) is 0.463. The molecule has 0 N–H and O–H groups in total. The molecule has 0 heterocycles. The van der Waals surface area contributed by atoms with Gasteiger partial charge in [-0.25, -0.2) is 0 Å². The first-order valence-electron chi connectivity index (χ1n) is 4.56. The van der Waals surface area contributed by atoms with E-state index in [4.69, 9.17) is 18.0 Å². The van der Waals surface area contributed by atoms with E-state index >= 15 is 0 Å². The summed E-state index contributed by atoms with van der Waals surface area (Å²) in [7, 11) is 0. The van der Waals surface area contributed by atoms with Crippen molar-refractivity contribution in [2.75, 3.05) is 0 Å². The zero-order valence-corrected chi connectivity index (χ0v) is 10.4. The molecule has 1 nitrogen and oxygen atoms in total. The second kappa shape index (κ2) is 5.95. The number of rotatable bonds is 4. The van der Waals surface area contributed by atoms with Crippen LogP contribution in [-0.2, 0) is 0 Å². The van der Waals surface area contributed by atoms with Crippen LogP contribution in [0.5, 0.6) is 0 Å². The van der Waals surface area contributed by atoms with Gasteiger partial charge >= 0.3 is 0 Å². The lowest BCUT2D eigenvalue weighted by atomic mass is 10.1. The summed E-state index contributed by atoms with van der Waals surface area (Å²) in [6.07, 6.45) is 6.94. The minimum absolute atomic E-state index is 0.0773. The number of carbonyl (C=O) groups is 1. The van der Waals surface area contributed by atoms with E-state index in [-0.39, 0.29) is 5.78 Å². The molecule has 0 aromatic heterocycles. The fourth-order valence-electron chi connectivity index (χ4n) is 1.21. The van der Waals surface area contributed by atoms with Crippen molar-refractivity contribution < 1.29 is 4.79 Å². The highest BCUT2D eigenvalue weighted by Gasteiger charge is 2.07. The van der Waals surface area contributed by atoms with Gasteiger partial charge in [-0.1, -0.05) is 27.5 Å². The van der Waals surface area contributed by atoms with Crippen LogP contribution in [-0.4, -0.2) is 5.78 Å². The fourth-order valence-corrected chi connectivity index (χ4v) is 2.07. The average molecular weight is 286 g/mol. The third kappa shape index (κ3) is 4.07. The second-order valence-electron chi connectivity index (χ2n) is 3.14. The van der Waals surface area contributed by atoms with Gasteiger partial charge in [0.2, 0.25) is 0 Å². The predicted octanol–water partition coefficient (Wildman–Crippen LogP) is 4.09. The molecule has 0 fully saturated rings. The first kappa shape index (κ1) is 12.3. The molecule has 0 atom stereocenters. The van der Waals surface area contributed by atoms with Crippen LogP contribution in [0.15, 0.2) is 22.7 Å². The van der Waals surface area contributed by atoms with E-state index in [2.05, 4.69) is 21.9 Å². The van der Waals surface area contributed by atoms with Gasteiger partial charge in [0.05, 0.1) is 0 Å². The number of carbonyl (C=O) groups excluding carboxylic acids is 1. The zero-order chi connectivity index (χ0) is 11.3. The highest BCUT2D eigenvalue weighted by atomic mass is 79.9. The number of benzene rings is 1. The Labute approximate surface area is 103 Å². The number of halogens is 2. The summed E-state index contributed by atoms with van der Waals surface area (Å²) in [5.41, 5.74) is 0.631. The Morgan fingerprint density at radius 1 is 1.47 bits per heavy atom. The third-order valence-electron chi connectivity index (χ3n) is 1.91. The lowest BCUT2D eigenvalue weighted by Crippen LogP contribution is -1.98. The highest BCUT2D eigenvalue weighted by molar-refractivity contribution is 9.10. The van der Waals surface area contributed by atoms with Gasteiger partial charge in [-0.2, -0.15) is 0 Å². The molecular formula is C12H10BrClO. The molecule has 1 aromatic carbocycles. The molecule has 0 aliphatic heterocycles. The maximum Gasteiger partial charge on any atom is 0.163 e. The molecule has 3 heteroatoms. The van der Waals surface area contributed by atoms with E-state index in [0.29, 0.717) is 23.4 Å². The predicted molar refractivity (Wildman–Crippen MR) is 66.2 cm³/mol. The number of hydrogen-bond acceptors (Lipinski definition) is 1. The number of unbranched alkanes of at least 4 members (excludes halogenated alkanes) is 1. The molecule has 78 valence electrons. The molecule has 0 aliphatic rings. The first-order chi connectivity index (χ1) is 7.13. The molecule has 1 rings (SSSR count). The summed E-state index contributed by atoms with van der Waals surface area (Å²) in [6.45, 7) is 0. The van der Waals surface area contributed by atoms with Crippen LogP contribution in [0.4, 0.5) is 0 Å². The van der Waals surface area contributed by atoms with Gasteiger partial charge < -0.3 is 0 Å². The van der Waals surface area contributed by atoms with E-state index in [1.165, 1.54) is 0 Å². The molecule has 0 bridgehead atoms. The molecule has 0 radical (unpaired) electrons. The third-order valence-corrected chi connectivity index (χ3v) is 2.59. The van der Waals surface area contributed by atoms with Crippen molar-refractivity contribution in [3.63, 3.8) is 0 Å². The number of terminal acetylenes is 1. The number of ketones is 1. The van der Waals surface area contributed by atoms with Crippen LogP contribution in [0.3, 0.4) is 0 Å². The highest BCUT2D eigenvalue weighted by Crippen LogP contribution is 2.20. The molecule has 0 aliphatic carbocycles. The van der Waals surface area contributed by atoms with Crippen LogP contribution >= 0.6 is 27.5 Å². The standard InChI is InChI=1S/C12H10BrClO/c1-2-3-4-5-12(15)9-6-10(13)8-11(14)7-9/h1,6-8H,3-5H2. The summed E-state index contributed by atoms with van der Waals surface area (Å²) < 4.78 is 0.815. The van der Waals surface area contributed by atoms with Crippen molar-refractivity contribution in [2.24, 2.45) is 0 Å². The van der Waals surface area contributed by atoms with E-state index in [1.807, 2.05) is 0 Å². The van der Waals surface area contributed by atoms with E-state index in [1.54, 1.807) is 18.2 Å². The van der Waals surface area contributed by atoms with Crippen LogP contribution in [0.1, 0.15) is 29.6 Å².